The Morgan fingerprint density at radius 1 is 1.05 bits per heavy atom. The Labute approximate surface area is 132 Å². The van der Waals surface area contributed by atoms with Crippen LogP contribution in [0.15, 0.2) is 24.3 Å². The monoisotopic (exact) mass is 295 g/mol. The van der Waals surface area contributed by atoms with E-state index in [2.05, 4.69) is 56.5 Å². The summed E-state index contributed by atoms with van der Waals surface area (Å²) in [6, 6.07) is 8.46. The number of aromatic nitrogens is 1. The molecule has 1 heterocycles. The third-order valence-corrected chi connectivity index (χ3v) is 6.67. The first kappa shape index (κ1) is 14.0. The molecular weight excluding hydrogens is 270 g/mol. The molecule has 0 aliphatic heterocycles. The quantitative estimate of drug-likeness (QED) is 0.737. The first-order valence-electron chi connectivity index (χ1n) is 8.53. The van der Waals surface area contributed by atoms with Gasteiger partial charge in [-0.25, -0.2) is 0 Å². The van der Waals surface area contributed by atoms with Gasteiger partial charge >= 0.3 is 0 Å². The molecule has 0 saturated heterocycles. The first-order valence-corrected chi connectivity index (χ1v) is 8.53. The Kier molecular flexibility index (Phi) is 2.71. The summed E-state index contributed by atoms with van der Waals surface area (Å²) < 4.78 is 2.07. The van der Waals surface area contributed by atoms with Gasteiger partial charge in [-0.2, -0.15) is 0 Å². The molecule has 2 aromatic rings. The number of fused-ring (bicyclic) bond motifs is 3. The van der Waals surface area contributed by atoms with Crippen LogP contribution in [-0.2, 0) is 12.8 Å². The van der Waals surface area contributed by atoms with Gasteiger partial charge in [-0.15, -0.1) is 0 Å². The molecule has 0 unspecified atom stereocenters. The van der Waals surface area contributed by atoms with Crippen molar-refractivity contribution in [3.63, 3.8) is 0 Å². The third-order valence-electron chi connectivity index (χ3n) is 6.67. The minimum absolute atomic E-state index is 0.0943. The van der Waals surface area contributed by atoms with Gasteiger partial charge in [0.05, 0.1) is 11.4 Å². The summed E-state index contributed by atoms with van der Waals surface area (Å²) in [4.78, 5) is 13.3. The first-order chi connectivity index (χ1) is 10.4. The molecule has 22 heavy (non-hydrogen) atoms. The Balaban J connectivity index is 1.91. The zero-order valence-electron chi connectivity index (χ0n) is 14.1. The normalized spacial score (nSPS) is 22.5. The molecule has 1 fully saturated rings. The van der Waals surface area contributed by atoms with Gasteiger partial charge in [0.2, 0.25) is 5.91 Å². The second-order valence-corrected chi connectivity index (χ2v) is 8.20. The maximum atomic E-state index is 13.3. The third kappa shape index (κ3) is 1.59. The number of para-hydroxylation sites is 1. The van der Waals surface area contributed by atoms with Crippen LogP contribution in [0.1, 0.15) is 56.6 Å². The number of aryl methyl sites for hydroxylation is 1. The average molecular weight is 295 g/mol. The Morgan fingerprint density at radius 2 is 1.68 bits per heavy atom. The van der Waals surface area contributed by atoms with Gasteiger partial charge in [0.1, 0.15) is 0 Å². The molecule has 0 N–H and O–H groups in total. The number of nitrogens with zero attached hydrogens (tertiary/aromatic N) is 1. The predicted octanol–water partition coefficient (Wildman–Crippen LogP) is 4.84. The van der Waals surface area contributed by atoms with Crippen LogP contribution in [0.3, 0.4) is 0 Å². The van der Waals surface area contributed by atoms with Crippen LogP contribution in [0.25, 0.3) is 10.9 Å². The van der Waals surface area contributed by atoms with Gasteiger partial charge < -0.3 is 0 Å². The number of rotatable bonds is 1. The molecular formula is C20H25NO. The van der Waals surface area contributed by atoms with E-state index in [1.54, 1.807) is 0 Å². The minimum atomic E-state index is 0.0943. The minimum Gasteiger partial charge on any atom is -0.284 e. The van der Waals surface area contributed by atoms with Gasteiger partial charge in [-0.1, -0.05) is 45.9 Å². The lowest BCUT2D eigenvalue weighted by atomic mass is 9.95. The van der Waals surface area contributed by atoms with E-state index in [1.807, 2.05) is 0 Å². The highest BCUT2D eigenvalue weighted by molar-refractivity contribution is 5.99. The number of carbonyl (C=O) groups excluding carboxylic acids is 1. The molecule has 0 amide bonds. The average Bonchev–Trinajstić information content (AvgIpc) is 2.79. The van der Waals surface area contributed by atoms with Crippen molar-refractivity contribution in [2.75, 3.05) is 0 Å². The molecule has 2 aliphatic carbocycles. The fraction of sp³-hybridized carbons (Fsp3) is 0.550. The fourth-order valence-corrected chi connectivity index (χ4v) is 4.69. The predicted molar refractivity (Wildman–Crippen MR) is 90.3 cm³/mol. The zero-order valence-corrected chi connectivity index (χ0v) is 14.1. The van der Waals surface area contributed by atoms with Crippen molar-refractivity contribution in [3.05, 3.63) is 35.5 Å². The molecule has 2 aliphatic rings. The highest BCUT2D eigenvalue weighted by Crippen LogP contribution is 2.69. The summed E-state index contributed by atoms with van der Waals surface area (Å²) in [5, 5.41) is 1.29. The van der Waals surface area contributed by atoms with Crippen molar-refractivity contribution in [2.24, 2.45) is 16.7 Å². The summed E-state index contributed by atoms with van der Waals surface area (Å²) in [7, 11) is 0. The molecule has 1 aromatic heterocycles. The van der Waals surface area contributed by atoms with Crippen molar-refractivity contribution in [1.29, 1.82) is 0 Å². The lowest BCUT2D eigenvalue weighted by Gasteiger charge is -2.15. The van der Waals surface area contributed by atoms with Crippen LogP contribution in [-0.4, -0.2) is 10.5 Å². The van der Waals surface area contributed by atoms with Gasteiger partial charge in [0, 0.05) is 11.1 Å². The van der Waals surface area contributed by atoms with Gasteiger partial charge in [-0.3, -0.25) is 9.36 Å². The zero-order chi connectivity index (χ0) is 15.7. The van der Waals surface area contributed by atoms with Crippen molar-refractivity contribution >= 4 is 16.8 Å². The lowest BCUT2D eigenvalue weighted by Crippen LogP contribution is -2.20. The van der Waals surface area contributed by atoms with E-state index in [1.165, 1.54) is 29.5 Å². The molecule has 4 rings (SSSR count). The summed E-state index contributed by atoms with van der Waals surface area (Å²) in [5.41, 5.74) is 4.02. The lowest BCUT2D eigenvalue weighted by molar-refractivity contribution is 0.0863. The number of benzene rings is 1. The summed E-state index contributed by atoms with van der Waals surface area (Å²) in [6.45, 7) is 8.92. The Hall–Kier alpha value is -1.57. The van der Waals surface area contributed by atoms with E-state index >= 15 is 0 Å². The topological polar surface area (TPSA) is 22.0 Å². The summed E-state index contributed by atoms with van der Waals surface area (Å²) in [5.74, 6) is 0.441. The second kappa shape index (κ2) is 4.24. The highest BCUT2D eigenvalue weighted by atomic mass is 16.2. The molecule has 116 valence electrons. The molecule has 2 heteroatoms. The molecule has 0 bridgehead atoms. The van der Waals surface area contributed by atoms with Crippen molar-refractivity contribution in [3.8, 4) is 0 Å². The van der Waals surface area contributed by atoms with Crippen LogP contribution < -0.4 is 0 Å². The summed E-state index contributed by atoms with van der Waals surface area (Å²) >= 11 is 0. The smallest absolute Gasteiger partial charge is 0.235 e. The van der Waals surface area contributed by atoms with Crippen molar-refractivity contribution in [1.82, 2.24) is 4.57 Å². The van der Waals surface area contributed by atoms with Crippen LogP contribution in [0, 0.1) is 16.7 Å². The molecule has 0 atom stereocenters. The SMILES string of the molecule is CC1(C)C(C(=O)n2c3c(c4ccccc42)CCCC3)C1(C)C. The largest absolute Gasteiger partial charge is 0.284 e. The maximum absolute atomic E-state index is 13.3. The van der Waals surface area contributed by atoms with E-state index in [0.717, 1.165) is 18.4 Å². The van der Waals surface area contributed by atoms with Crippen LogP contribution in [0.2, 0.25) is 0 Å². The molecule has 0 spiro atoms. The standard InChI is InChI=1S/C20H25NO/c1-19(2)17(20(19,3)4)18(22)21-15-11-7-5-9-13(15)14-10-6-8-12-16(14)21/h5,7,9,11,17H,6,8,10,12H2,1-4H3. The van der Waals surface area contributed by atoms with Gasteiger partial charge in [-0.05, 0) is 48.1 Å². The van der Waals surface area contributed by atoms with Crippen molar-refractivity contribution < 1.29 is 4.79 Å². The van der Waals surface area contributed by atoms with Crippen molar-refractivity contribution in [2.45, 2.75) is 53.4 Å². The van der Waals surface area contributed by atoms with Crippen LogP contribution >= 0.6 is 0 Å². The molecule has 0 radical (unpaired) electrons. The number of hydrogen-bond acceptors (Lipinski definition) is 1. The molecule has 2 nitrogen and oxygen atoms in total. The van der Waals surface area contributed by atoms with E-state index < -0.39 is 0 Å². The van der Waals surface area contributed by atoms with E-state index in [0.29, 0.717) is 5.91 Å². The second-order valence-electron chi connectivity index (χ2n) is 8.20. The number of hydrogen-bond donors (Lipinski definition) is 0. The van der Waals surface area contributed by atoms with Gasteiger partial charge in [0.15, 0.2) is 0 Å². The van der Waals surface area contributed by atoms with E-state index in [9.17, 15) is 4.79 Å². The highest BCUT2D eigenvalue weighted by Gasteiger charge is 2.68. The summed E-state index contributed by atoms with van der Waals surface area (Å²) in [6.07, 6.45) is 4.61. The Morgan fingerprint density at radius 3 is 2.36 bits per heavy atom. The molecule has 1 saturated carbocycles. The van der Waals surface area contributed by atoms with E-state index in [-0.39, 0.29) is 16.7 Å². The van der Waals surface area contributed by atoms with E-state index in [4.69, 9.17) is 0 Å². The van der Waals surface area contributed by atoms with Crippen LogP contribution in [0.4, 0.5) is 0 Å². The number of carbonyl (C=O) groups is 1. The van der Waals surface area contributed by atoms with Crippen LogP contribution in [0.5, 0.6) is 0 Å². The molecule has 1 aromatic carbocycles. The maximum Gasteiger partial charge on any atom is 0.235 e. The Bertz CT molecular complexity index is 764. The fourth-order valence-electron chi connectivity index (χ4n) is 4.69. The van der Waals surface area contributed by atoms with Gasteiger partial charge in [0.25, 0.3) is 0 Å².